The summed E-state index contributed by atoms with van der Waals surface area (Å²) in [5.74, 6) is 1.17. The largest absolute Gasteiger partial charge is 0.457 e. The average Bonchev–Trinajstić information content (AvgIpc) is 2.57. The van der Waals surface area contributed by atoms with Gasteiger partial charge >= 0.3 is 0 Å². The Bertz CT molecular complexity index is 674. The van der Waals surface area contributed by atoms with Crippen LogP contribution in [0, 0.1) is 11.7 Å². The summed E-state index contributed by atoms with van der Waals surface area (Å²) in [4.78, 5) is 14.4. The molecule has 0 fully saturated rings. The van der Waals surface area contributed by atoms with E-state index in [1.165, 1.54) is 12.1 Å². The Hall–Kier alpha value is -2.40. The molecule has 2 aromatic rings. The van der Waals surface area contributed by atoms with Gasteiger partial charge in [0.2, 0.25) is 0 Å². The lowest BCUT2D eigenvalue weighted by Gasteiger charge is -2.28. The summed E-state index contributed by atoms with van der Waals surface area (Å²) in [6, 6.07) is 13.0. The van der Waals surface area contributed by atoms with Crippen molar-refractivity contribution in [2.45, 2.75) is 19.9 Å². The Morgan fingerprint density at radius 1 is 1.04 bits per heavy atom. The van der Waals surface area contributed by atoms with Gasteiger partial charge in [-0.3, -0.25) is 4.79 Å². The number of ether oxygens (including phenoxy) is 1. The predicted molar refractivity (Wildman–Crippen MR) is 97.6 cm³/mol. The van der Waals surface area contributed by atoms with Crippen LogP contribution >= 0.6 is 0 Å². The Balaban J connectivity index is 1.94. The smallest absolute Gasteiger partial charge is 0.251 e. The first kappa shape index (κ1) is 18.9. The molecule has 0 saturated carbocycles. The predicted octanol–water partition coefficient (Wildman–Crippen LogP) is 3.93. The van der Waals surface area contributed by atoms with Crippen LogP contribution in [-0.2, 0) is 0 Å². The molecular formula is C20H25FN2O2. The van der Waals surface area contributed by atoms with Crippen molar-refractivity contribution >= 4 is 5.91 Å². The molecule has 2 aromatic carbocycles. The summed E-state index contributed by atoms with van der Waals surface area (Å²) < 4.78 is 18.5. The molecule has 0 heterocycles. The van der Waals surface area contributed by atoms with Crippen molar-refractivity contribution in [3.63, 3.8) is 0 Å². The van der Waals surface area contributed by atoms with Crippen molar-refractivity contribution in [3.05, 3.63) is 59.9 Å². The quantitative estimate of drug-likeness (QED) is 0.827. The highest BCUT2D eigenvalue weighted by molar-refractivity contribution is 5.94. The first-order chi connectivity index (χ1) is 11.9. The Labute approximate surface area is 148 Å². The summed E-state index contributed by atoms with van der Waals surface area (Å²) in [6.07, 6.45) is 0. The van der Waals surface area contributed by atoms with Crippen LogP contribution in [0.15, 0.2) is 48.5 Å². The Morgan fingerprint density at radius 3 is 2.04 bits per heavy atom. The zero-order chi connectivity index (χ0) is 18.4. The van der Waals surface area contributed by atoms with E-state index in [1.807, 2.05) is 14.1 Å². The third-order valence-corrected chi connectivity index (χ3v) is 4.07. The molecule has 0 saturated heterocycles. The van der Waals surface area contributed by atoms with Crippen molar-refractivity contribution in [1.82, 2.24) is 10.2 Å². The molecule has 0 radical (unpaired) electrons. The molecule has 5 heteroatoms. The monoisotopic (exact) mass is 344 g/mol. The molecule has 0 spiro atoms. The number of amides is 1. The van der Waals surface area contributed by atoms with E-state index in [9.17, 15) is 9.18 Å². The lowest BCUT2D eigenvalue weighted by molar-refractivity contribution is 0.0934. The van der Waals surface area contributed by atoms with E-state index in [0.29, 0.717) is 29.5 Å². The van der Waals surface area contributed by atoms with Crippen molar-refractivity contribution < 1.29 is 13.9 Å². The molecular weight excluding hydrogens is 319 g/mol. The van der Waals surface area contributed by atoms with Crippen molar-refractivity contribution in [3.8, 4) is 11.5 Å². The topological polar surface area (TPSA) is 41.6 Å². The number of carbonyl (C=O) groups is 1. The summed E-state index contributed by atoms with van der Waals surface area (Å²) in [5, 5.41) is 2.97. The lowest BCUT2D eigenvalue weighted by Crippen LogP contribution is -2.43. The SMILES string of the molecule is CC(C)[C@H](CNC(=O)c1ccc(Oc2ccc(F)cc2)cc1)N(C)C. The molecule has 1 atom stereocenters. The van der Waals surface area contributed by atoms with Gasteiger partial charge in [-0.25, -0.2) is 4.39 Å². The highest BCUT2D eigenvalue weighted by atomic mass is 19.1. The van der Waals surface area contributed by atoms with Crippen LogP contribution in [0.25, 0.3) is 0 Å². The molecule has 0 aliphatic heterocycles. The minimum atomic E-state index is -0.309. The molecule has 4 nitrogen and oxygen atoms in total. The van der Waals surface area contributed by atoms with Crippen molar-refractivity contribution in [1.29, 1.82) is 0 Å². The third kappa shape index (κ3) is 5.57. The van der Waals surface area contributed by atoms with E-state index >= 15 is 0 Å². The van der Waals surface area contributed by atoms with Gasteiger partial charge < -0.3 is 15.0 Å². The van der Waals surface area contributed by atoms with Gasteiger partial charge in [0.05, 0.1) is 0 Å². The molecule has 0 aromatic heterocycles. The first-order valence-electron chi connectivity index (χ1n) is 8.35. The summed E-state index contributed by atoms with van der Waals surface area (Å²) in [5.41, 5.74) is 0.577. The van der Waals surface area contributed by atoms with E-state index in [2.05, 4.69) is 24.1 Å². The molecule has 0 aliphatic rings. The summed E-state index contributed by atoms with van der Waals surface area (Å²) in [7, 11) is 4.02. The van der Waals surface area contributed by atoms with Crippen LogP contribution in [0.1, 0.15) is 24.2 Å². The van der Waals surface area contributed by atoms with E-state index in [4.69, 9.17) is 4.74 Å². The normalized spacial score (nSPS) is 12.3. The summed E-state index contributed by atoms with van der Waals surface area (Å²) >= 11 is 0. The maximum absolute atomic E-state index is 12.9. The number of hydrogen-bond donors (Lipinski definition) is 1. The zero-order valence-electron chi connectivity index (χ0n) is 15.1. The third-order valence-electron chi connectivity index (χ3n) is 4.07. The fraction of sp³-hybridized carbons (Fsp3) is 0.350. The molecule has 134 valence electrons. The summed E-state index contributed by atoms with van der Waals surface area (Å²) in [6.45, 7) is 4.87. The van der Waals surface area contributed by atoms with Gasteiger partial charge in [0.1, 0.15) is 17.3 Å². The highest BCUT2D eigenvalue weighted by Crippen LogP contribution is 2.21. The highest BCUT2D eigenvalue weighted by Gasteiger charge is 2.17. The standard InChI is InChI=1S/C20H25FN2O2/c1-14(2)19(23(3)4)13-22-20(24)15-5-9-17(10-6-15)25-18-11-7-16(21)8-12-18/h5-12,14,19H,13H2,1-4H3,(H,22,24)/t19-/m0/s1. The van der Waals surface area contributed by atoms with Crippen LogP contribution in [0.3, 0.4) is 0 Å². The van der Waals surface area contributed by atoms with Gasteiger partial charge in [-0.2, -0.15) is 0 Å². The van der Waals surface area contributed by atoms with Gasteiger partial charge in [0, 0.05) is 18.2 Å². The number of nitrogens with zero attached hydrogens (tertiary/aromatic N) is 1. The minimum Gasteiger partial charge on any atom is -0.457 e. The van der Waals surface area contributed by atoms with Gasteiger partial charge in [-0.15, -0.1) is 0 Å². The van der Waals surface area contributed by atoms with Crippen LogP contribution in [-0.4, -0.2) is 37.5 Å². The van der Waals surface area contributed by atoms with Gasteiger partial charge in [-0.05, 0) is 68.5 Å². The second-order valence-electron chi connectivity index (χ2n) is 6.57. The fourth-order valence-corrected chi connectivity index (χ4v) is 2.63. The number of halogens is 1. The minimum absolute atomic E-state index is 0.110. The lowest BCUT2D eigenvalue weighted by atomic mass is 10.0. The number of likely N-dealkylation sites (N-methyl/N-ethyl adjacent to an activating group) is 1. The number of benzene rings is 2. The molecule has 1 amide bonds. The van der Waals surface area contributed by atoms with Crippen LogP contribution < -0.4 is 10.1 Å². The Morgan fingerprint density at radius 2 is 1.56 bits per heavy atom. The van der Waals surface area contributed by atoms with E-state index in [-0.39, 0.29) is 17.8 Å². The second-order valence-corrected chi connectivity index (χ2v) is 6.57. The first-order valence-corrected chi connectivity index (χ1v) is 8.35. The number of carbonyl (C=O) groups excluding carboxylic acids is 1. The molecule has 25 heavy (non-hydrogen) atoms. The van der Waals surface area contributed by atoms with E-state index in [1.54, 1.807) is 36.4 Å². The van der Waals surface area contributed by atoms with Gasteiger partial charge in [-0.1, -0.05) is 13.8 Å². The van der Waals surface area contributed by atoms with Crippen molar-refractivity contribution in [2.24, 2.45) is 5.92 Å². The number of nitrogens with one attached hydrogen (secondary N) is 1. The maximum Gasteiger partial charge on any atom is 0.251 e. The molecule has 0 aliphatic carbocycles. The molecule has 2 rings (SSSR count). The number of hydrogen-bond acceptors (Lipinski definition) is 3. The maximum atomic E-state index is 12.9. The van der Waals surface area contributed by atoms with Crippen LogP contribution in [0.4, 0.5) is 4.39 Å². The second kappa shape index (κ2) is 8.62. The molecule has 0 unspecified atom stereocenters. The fourth-order valence-electron chi connectivity index (χ4n) is 2.63. The van der Waals surface area contributed by atoms with Crippen LogP contribution in [0.5, 0.6) is 11.5 Å². The van der Waals surface area contributed by atoms with Crippen molar-refractivity contribution in [2.75, 3.05) is 20.6 Å². The zero-order valence-corrected chi connectivity index (χ0v) is 15.1. The molecule has 0 bridgehead atoms. The molecule has 1 N–H and O–H groups in total. The van der Waals surface area contributed by atoms with Crippen LogP contribution in [0.2, 0.25) is 0 Å². The average molecular weight is 344 g/mol. The number of rotatable bonds is 7. The Kier molecular flexibility index (Phi) is 6.53. The van der Waals surface area contributed by atoms with E-state index < -0.39 is 0 Å². The van der Waals surface area contributed by atoms with Gasteiger partial charge in [0.15, 0.2) is 0 Å². The van der Waals surface area contributed by atoms with Gasteiger partial charge in [0.25, 0.3) is 5.91 Å². The van der Waals surface area contributed by atoms with E-state index in [0.717, 1.165) is 0 Å².